The van der Waals surface area contributed by atoms with Crippen LogP contribution in [0, 0.1) is 0 Å². The monoisotopic (exact) mass is 442 g/mol. The Kier molecular flexibility index (Phi) is 7.04. The van der Waals surface area contributed by atoms with Crippen molar-refractivity contribution in [2.75, 3.05) is 4.90 Å². The van der Waals surface area contributed by atoms with Crippen LogP contribution in [0.1, 0.15) is 42.4 Å². The fraction of sp³-hybridized carbons (Fsp3) is 0.192. The Morgan fingerprint density at radius 1 is 1.03 bits per heavy atom. The Labute approximate surface area is 192 Å². The van der Waals surface area contributed by atoms with Crippen LogP contribution in [-0.4, -0.2) is 15.9 Å². The number of para-hydroxylation sites is 1. The zero-order chi connectivity index (χ0) is 22.3. The van der Waals surface area contributed by atoms with E-state index in [2.05, 4.69) is 35.4 Å². The minimum Gasteiger partial charge on any atom is -0.299 e. The van der Waals surface area contributed by atoms with Crippen LogP contribution in [0.4, 0.5) is 10.8 Å². The third-order valence-electron chi connectivity index (χ3n) is 5.26. The Bertz CT molecular complexity index is 1120. The first kappa shape index (κ1) is 21.9. The van der Waals surface area contributed by atoms with Crippen molar-refractivity contribution in [2.24, 2.45) is 0 Å². The topological polar surface area (TPSA) is 58.1 Å². The first-order valence-corrected chi connectivity index (χ1v) is 11.6. The second-order valence-electron chi connectivity index (χ2n) is 7.44. The molecule has 4 rings (SSSR count). The summed E-state index contributed by atoms with van der Waals surface area (Å²) in [6.07, 6.45) is 2.66. The van der Waals surface area contributed by atoms with Crippen LogP contribution >= 0.6 is 11.3 Å². The van der Waals surface area contributed by atoms with Crippen molar-refractivity contribution in [3.05, 3.63) is 107 Å². The number of nitrogens with one attached hydrogen (secondary N) is 1. The highest BCUT2D eigenvalue weighted by Gasteiger charge is 2.21. The second-order valence-corrected chi connectivity index (χ2v) is 8.27. The summed E-state index contributed by atoms with van der Waals surface area (Å²) in [6, 6.07) is 24.1. The Morgan fingerprint density at radius 3 is 2.50 bits per heavy atom. The molecule has 6 heteroatoms. The molecule has 32 heavy (non-hydrogen) atoms. The van der Waals surface area contributed by atoms with Crippen molar-refractivity contribution in [1.82, 2.24) is 15.3 Å². The Morgan fingerprint density at radius 2 is 1.78 bits per heavy atom. The van der Waals surface area contributed by atoms with Gasteiger partial charge in [0, 0.05) is 25.0 Å². The quantitative estimate of drug-likeness (QED) is 0.382. The van der Waals surface area contributed by atoms with E-state index in [1.54, 1.807) is 11.8 Å². The summed E-state index contributed by atoms with van der Waals surface area (Å²) in [5, 5.41) is 6.28. The average molecular weight is 443 g/mol. The molecule has 0 aliphatic carbocycles. The van der Waals surface area contributed by atoms with Crippen molar-refractivity contribution >= 4 is 28.1 Å². The molecule has 1 amide bonds. The standard InChI is InChI=1S/C26H26N4OS/c1-3-20-11-7-8-15-24(20)30(19(2)31)26-29-22(18-32-26)17-28-25(21-12-5-4-6-13-21)23-14-9-10-16-27-23/h4-16,18,25,28H,3,17H2,1-2H3. The molecule has 2 aromatic carbocycles. The molecule has 0 aliphatic rings. The molecule has 5 nitrogen and oxygen atoms in total. The maximum absolute atomic E-state index is 12.5. The van der Waals surface area contributed by atoms with Gasteiger partial charge in [-0.15, -0.1) is 11.3 Å². The molecule has 1 N–H and O–H groups in total. The van der Waals surface area contributed by atoms with E-state index in [0.717, 1.165) is 34.6 Å². The number of anilines is 2. The maximum Gasteiger partial charge on any atom is 0.230 e. The number of pyridine rings is 1. The molecular formula is C26H26N4OS. The van der Waals surface area contributed by atoms with Gasteiger partial charge in [-0.2, -0.15) is 0 Å². The zero-order valence-electron chi connectivity index (χ0n) is 18.2. The van der Waals surface area contributed by atoms with Gasteiger partial charge in [-0.25, -0.2) is 4.98 Å². The predicted molar refractivity (Wildman–Crippen MR) is 130 cm³/mol. The zero-order valence-corrected chi connectivity index (χ0v) is 19.0. The number of thiazole rings is 1. The van der Waals surface area contributed by atoms with E-state index in [0.29, 0.717) is 11.7 Å². The molecule has 1 unspecified atom stereocenters. The molecule has 2 aromatic heterocycles. The predicted octanol–water partition coefficient (Wildman–Crippen LogP) is 5.66. The van der Waals surface area contributed by atoms with Crippen LogP contribution in [0.5, 0.6) is 0 Å². The lowest BCUT2D eigenvalue weighted by Gasteiger charge is -2.21. The fourth-order valence-electron chi connectivity index (χ4n) is 3.71. The summed E-state index contributed by atoms with van der Waals surface area (Å²) >= 11 is 1.48. The molecule has 4 aromatic rings. The number of benzene rings is 2. The lowest BCUT2D eigenvalue weighted by molar-refractivity contribution is -0.115. The smallest absolute Gasteiger partial charge is 0.230 e. The van der Waals surface area contributed by atoms with Gasteiger partial charge in [-0.05, 0) is 35.7 Å². The van der Waals surface area contributed by atoms with Crippen LogP contribution < -0.4 is 10.2 Å². The molecule has 0 aliphatic heterocycles. The van der Waals surface area contributed by atoms with Crippen molar-refractivity contribution in [1.29, 1.82) is 0 Å². The van der Waals surface area contributed by atoms with Crippen LogP contribution in [0.3, 0.4) is 0 Å². The fourth-order valence-corrected chi connectivity index (χ4v) is 4.59. The van der Waals surface area contributed by atoms with Gasteiger partial charge in [-0.3, -0.25) is 20.0 Å². The Hall–Kier alpha value is -3.35. The van der Waals surface area contributed by atoms with E-state index >= 15 is 0 Å². The summed E-state index contributed by atoms with van der Waals surface area (Å²) in [5.74, 6) is -0.0459. The molecule has 1 atom stereocenters. The van der Waals surface area contributed by atoms with Crippen LogP contribution in [0.15, 0.2) is 84.4 Å². The van der Waals surface area contributed by atoms with Gasteiger partial charge in [0.25, 0.3) is 0 Å². The molecule has 162 valence electrons. The minimum atomic E-state index is -0.0488. The lowest BCUT2D eigenvalue weighted by atomic mass is 10.0. The third-order valence-corrected chi connectivity index (χ3v) is 6.14. The summed E-state index contributed by atoms with van der Waals surface area (Å²) in [7, 11) is 0. The number of rotatable bonds is 8. The number of nitrogens with zero attached hydrogens (tertiary/aromatic N) is 3. The van der Waals surface area contributed by atoms with Gasteiger partial charge in [0.2, 0.25) is 5.91 Å². The molecule has 2 heterocycles. The maximum atomic E-state index is 12.5. The van der Waals surface area contributed by atoms with Gasteiger partial charge in [0.15, 0.2) is 5.13 Å². The number of carbonyl (C=O) groups excluding carboxylic acids is 1. The highest BCUT2D eigenvalue weighted by atomic mass is 32.1. The van der Waals surface area contributed by atoms with E-state index in [1.807, 2.05) is 66.2 Å². The highest BCUT2D eigenvalue weighted by Crippen LogP contribution is 2.32. The van der Waals surface area contributed by atoms with Gasteiger partial charge >= 0.3 is 0 Å². The Balaban J connectivity index is 1.57. The number of aromatic nitrogens is 2. The molecular weight excluding hydrogens is 416 g/mol. The average Bonchev–Trinajstić information content (AvgIpc) is 3.29. The largest absolute Gasteiger partial charge is 0.299 e. The van der Waals surface area contributed by atoms with E-state index in [-0.39, 0.29) is 11.9 Å². The first-order valence-electron chi connectivity index (χ1n) is 10.7. The molecule has 0 spiro atoms. The number of amides is 1. The summed E-state index contributed by atoms with van der Waals surface area (Å²) < 4.78 is 0. The number of hydrogen-bond donors (Lipinski definition) is 1. The summed E-state index contributed by atoms with van der Waals surface area (Å²) in [5.41, 5.74) is 5.01. The SMILES string of the molecule is CCc1ccccc1N(C(C)=O)c1nc(CNC(c2ccccc2)c2ccccn2)cs1. The van der Waals surface area contributed by atoms with Crippen molar-refractivity contribution in [3.63, 3.8) is 0 Å². The van der Waals surface area contributed by atoms with Crippen LogP contribution in [0.2, 0.25) is 0 Å². The highest BCUT2D eigenvalue weighted by molar-refractivity contribution is 7.14. The molecule has 0 saturated carbocycles. The molecule has 0 bridgehead atoms. The van der Waals surface area contributed by atoms with Gasteiger partial charge in [0.1, 0.15) is 0 Å². The number of hydrogen-bond acceptors (Lipinski definition) is 5. The van der Waals surface area contributed by atoms with Crippen molar-refractivity contribution < 1.29 is 4.79 Å². The molecule has 0 radical (unpaired) electrons. The number of carbonyl (C=O) groups is 1. The number of aryl methyl sites for hydroxylation is 1. The van der Waals surface area contributed by atoms with E-state index in [4.69, 9.17) is 4.98 Å². The van der Waals surface area contributed by atoms with E-state index < -0.39 is 0 Å². The van der Waals surface area contributed by atoms with Gasteiger partial charge in [0.05, 0.1) is 23.1 Å². The normalized spacial score (nSPS) is 11.8. The first-order chi connectivity index (χ1) is 15.7. The third kappa shape index (κ3) is 4.93. The van der Waals surface area contributed by atoms with E-state index in [9.17, 15) is 4.79 Å². The van der Waals surface area contributed by atoms with Crippen molar-refractivity contribution in [2.45, 2.75) is 32.9 Å². The van der Waals surface area contributed by atoms with E-state index in [1.165, 1.54) is 11.3 Å². The summed E-state index contributed by atoms with van der Waals surface area (Å²) in [6.45, 7) is 4.24. The van der Waals surface area contributed by atoms with Crippen molar-refractivity contribution in [3.8, 4) is 0 Å². The second kappa shape index (κ2) is 10.3. The summed E-state index contributed by atoms with van der Waals surface area (Å²) in [4.78, 5) is 23.6. The minimum absolute atomic E-state index is 0.0459. The molecule has 0 saturated heterocycles. The van der Waals surface area contributed by atoms with Gasteiger partial charge in [-0.1, -0.05) is 61.5 Å². The lowest BCUT2D eigenvalue weighted by Crippen LogP contribution is -2.25. The van der Waals surface area contributed by atoms with Gasteiger partial charge < -0.3 is 0 Å². The van der Waals surface area contributed by atoms with Crippen LogP contribution in [0.25, 0.3) is 0 Å². The van der Waals surface area contributed by atoms with Crippen LogP contribution in [-0.2, 0) is 17.8 Å². The molecule has 0 fully saturated rings.